The standard InChI is InChI=1S/C26H39NO11/c1-7-11-33-24(30)37-19-10-9-18(13-20(19)38-25(31)34-12-8-2)21(22(27)23(28)29)16(5)17(6)36-26(32)35-14-15(3)4/h9-10,13,15-17,21-22H,7-8,11-12,14,27H2,1-6H3,(H,28,29)/t16?,17?,21?,22-/m0/s1. The Morgan fingerprint density at radius 3 is 1.89 bits per heavy atom. The van der Waals surface area contributed by atoms with Gasteiger partial charge in [-0.15, -0.1) is 0 Å². The lowest BCUT2D eigenvalue weighted by molar-refractivity contribution is -0.139. The lowest BCUT2D eigenvalue weighted by atomic mass is 9.79. The minimum absolute atomic E-state index is 0.0958. The number of hydrogen-bond donors (Lipinski definition) is 2. The summed E-state index contributed by atoms with van der Waals surface area (Å²) in [7, 11) is 0. The summed E-state index contributed by atoms with van der Waals surface area (Å²) in [6.45, 7) is 11.0. The maximum atomic E-state index is 12.2. The smallest absolute Gasteiger partial charge is 0.480 e. The zero-order chi connectivity index (χ0) is 28.8. The van der Waals surface area contributed by atoms with E-state index in [-0.39, 0.29) is 37.2 Å². The minimum atomic E-state index is -1.43. The average Bonchev–Trinajstić information content (AvgIpc) is 2.86. The number of ether oxygens (including phenoxy) is 6. The highest BCUT2D eigenvalue weighted by Gasteiger charge is 2.36. The van der Waals surface area contributed by atoms with E-state index in [1.807, 2.05) is 20.8 Å². The van der Waals surface area contributed by atoms with Crippen LogP contribution in [-0.4, -0.2) is 61.5 Å². The van der Waals surface area contributed by atoms with Gasteiger partial charge in [0.1, 0.15) is 12.1 Å². The summed E-state index contributed by atoms with van der Waals surface area (Å²) in [5, 5.41) is 9.69. The molecule has 4 atom stereocenters. The number of carbonyl (C=O) groups excluding carboxylic acids is 3. The molecule has 12 nitrogen and oxygen atoms in total. The van der Waals surface area contributed by atoms with E-state index < -0.39 is 48.4 Å². The van der Waals surface area contributed by atoms with Gasteiger partial charge in [0.15, 0.2) is 11.5 Å². The summed E-state index contributed by atoms with van der Waals surface area (Å²) >= 11 is 0. The summed E-state index contributed by atoms with van der Waals surface area (Å²) < 4.78 is 30.7. The Hall–Kier alpha value is -3.54. The Morgan fingerprint density at radius 2 is 1.39 bits per heavy atom. The molecule has 0 fully saturated rings. The van der Waals surface area contributed by atoms with Gasteiger partial charge in [-0.25, -0.2) is 14.4 Å². The van der Waals surface area contributed by atoms with Gasteiger partial charge in [0.25, 0.3) is 0 Å². The van der Waals surface area contributed by atoms with Crippen molar-refractivity contribution < 1.29 is 52.7 Å². The molecular formula is C26H39NO11. The number of rotatable bonds is 14. The second kappa shape index (κ2) is 16.3. The van der Waals surface area contributed by atoms with Crippen molar-refractivity contribution >= 4 is 24.4 Å². The van der Waals surface area contributed by atoms with E-state index in [0.29, 0.717) is 18.4 Å². The molecule has 3 N–H and O–H groups in total. The molecule has 12 heteroatoms. The van der Waals surface area contributed by atoms with Crippen LogP contribution >= 0.6 is 0 Å². The number of carboxylic acid groups (broad SMARTS) is 1. The molecule has 0 aliphatic heterocycles. The minimum Gasteiger partial charge on any atom is -0.480 e. The highest BCUT2D eigenvalue weighted by Crippen LogP contribution is 2.37. The highest BCUT2D eigenvalue weighted by molar-refractivity contribution is 5.75. The van der Waals surface area contributed by atoms with Gasteiger partial charge in [0.05, 0.1) is 19.8 Å². The van der Waals surface area contributed by atoms with Crippen molar-refractivity contribution in [3.05, 3.63) is 23.8 Å². The predicted octanol–water partition coefficient (Wildman–Crippen LogP) is 4.87. The van der Waals surface area contributed by atoms with E-state index in [0.717, 1.165) is 0 Å². The Balaban J connectivity index is 3.34. The number of carboxylic acids is 1. The zero-order valence-corrected chi connectivity index (χ0v) is 22.8. The van der Waals surface area contributed by atoms with Crippen molar-refractivity contribution in [1.82, 2.24) is 0 Å². The van der Waals surface area contributed by atoms with Gasteiger partial charge >= 0.3 is 24.4 Å². The van der Waals surface area contributed by atoms with Crippen LogP contribution in [0, 0.1) is 11.8 Å². The fourth-order valence-corrected chi connectivity index (χ4v) is 3.32. The first kappa shape index (κ1) is 32.5. The normalized spacial score (nSPS) is 14.0. The molecule has 0 spiro atoms. The van der Waals surface area contributed by atoms with Crippen LogP contribution < -0.4 is 15.2 Å². The van der Waals surface area contributed by atoms with E-state index >= 15 is 0 Å². The first-order valence-electron chi connectivity index (χ1n) is 12.6. The third-order valence-corrected chi connectivity index (χ3v) is 5.38. The number of benzene rings is 1. The van der Waals surface area contributed by atoms with Gasteiger partial charge in [-0.05, 0) is 43.4 Å². The van der Waals surface area contributed by atoms with Crippen LogP contribution in [0.2, 0.25) is 0 Å². The van der Waals surface area contributed by atoms with Crippen LogP contribution in [0.25, 0.3) is 0 Å². The molecule has 0 radical (unpaired) electrons. The molecule has 0 aromatic heterocycles. The SMILES string of the molecule is CCCOC(=O)Oc1ccc(C(C(C)C(C)OC(=O)OCC(C)C)[C@H](N)C(=O)O)cc1OC(=O)OCCC. The van der Waals surface area contributed by atoms with Gasteiger partial charge in [-0.2, -0.15) is 0 Å². The number of hydrogen-bond acceptors (Lipinski definition) is 11. The molecule has 1 aromatic rings. The predicted molar refractivity (Wildman–Crippen MR) is 135 cm³/mol. The van der Waals surface area contributed by atoms with Crippen molar-refractivity contribution in [3.8, 4) is 11.5 Å². The fourth-order valence-electron chi connectivity index (χ4n) is 3.32. The van der Waals surface area contributed by atoms with E-state index in [2.05, 4.69) is 0 Å². The van der Waals surface area contributed by atoms with Gasteiger partial charge in [-0.3, -0.25) is 4.79 Å². The molecule has 0 amide bonds. The van der Waals surface area contributed by atoms with Gasteiger partial charge in [-0.1, -0.05) is 40.7 Å². The molecule has 0 saturated carbocycles. The van der Waals surface area contributed by atoms with Crippen LogP contribution in [0.15, 0.2) is 18.2 Å². The number of nitrogens with two attached hydrogens (primary N) is 1. The number of carbonyl (C=O) groups is 4. The van der Waals surface area contributed by atoms with Crippen LogP contribution in [0.3, 0.4) is 0 Å². The maximum Gasteiger partial charge on any atom is 0.513 e. The quantitative estimate of drug-likeness (QED) is 0.186. The second-order valence-electron chi connectivity index (χ2n) is 9.13. The maximum absolute atomic E-state index is 12.2. The lowest BCUT2D eigenvalue weighted by Crippen LogP contribution is -2.42. The van der Waals surface area contributed by atoms with Gasteiger partial charge in [0, 0.05) is 11.8 Å². The lowest BCUT2D eigenvalue weighted by Gasteiger charge is -2.31. The van der Waals surface area contributed by atoms with Crippen molar-refractivity contribution in [3.63, 3.8) is 0 Å². The van der Waals surface area contributed by atoms with E-state index in [9.17, 15) is 24.3 Å². The summed E-state index contributed by atoms with van der Waals surface area (Å²) in [5.41, 5.74) is 6.37. The Labute approximate surface area is 222 Å². The third kappa shape index (κ3) is 10.8. The summed E-state index contributed by atoms with van der Waals surface area (Å²) in [6.07, 6.45) is -2.64. The molecule has 1 aromatic carbocycles. The first-order chi connectivity index (χ1) is 17.9. The molecule has 0 aliphatic carbocycles. The van der Waals surface area contributed by atoms with Crippen molar-refractivity contribution in [1.29, 1.82) is 0 Å². The molecule has 1 rings (SSSR count). The Bertz CT molecular complexity index is 934. The van der Waals surface area contributed by atoms with Crippen molar-refractivity contribution in [2.75, 3.05) is 19.8 Å². The Kier molecular flexibility index (Phi) is 14.0. The second-order valence-corrected chi connectivity index (χ2v) is 9.13. The largest absolute Gasteiger partial charge is 0.513 e. The fraction of sp³-hybridized carbons (Fsp3) is 0.615. The molecule has 0 bridgehead atoms. The third-order valence-electron chi connectivity index (χ3n) is 5.38. The zero-order valence-electron chi connectivity index (χ0n) is 22.8. The topological polar surface area (TPSA) is 170 Å². The average molecular weight is 542 g/mol. The van der Waals surface area contributed by atoms with Gasteiger partial charge < -0.3 is 39.3 Å². The summed E-state index contributed by atoms with van der Waals surface area (Å²) in [6, 6.07) is 2.69. The summed E-state index contributed by atoms with van der Waals surface area (Å²) in [4.78, 5) is 48.2. The monoisotopic (exact) mass is 541 g/mol. The molecule has 0 aliphatic rings. The highest BCUT2D eigenvalue weighted by atomic mass is 16.7. The first-order valence-corrected chi connectivity index (χ1v) is 12.6. The van der Waals surface area contributed by atoms with E-state index in [1.54, 1.807) is 20.8 Å². The van der Waals surface area contributed by atoms with Crippen LogP contribution in [-0.2, 0) is 23.7 Å². The van der Waals surface area contributed by atoms with Gasteiger partial charge in [0.2, 0.25) is 0 Å². The van der Waals surface area contributed by atoms with Crippen LogP contribution in [0.1, 0.15) is 65.9 Å². The molecule has 3 unspecified atom stereocenters. The van der Waals surface area contributed by atoms with E-state index in [1.165, 1.54) is 18.2 Å². The number of aliphatic carboxylic acids is 1. The molecule has 214 valence electrons. The molecule has 38 heavy (non-hydrogen) atoms. The van der Waals surface area contributed by atoms with Crippen molar-refractivity contribution in [2.24, 2.45) is 17.6 Å². The van der Waals surface area contributed by atoms with E-state index in [4.69, 9.17) is 34.2 Å². The van der Waals surface area contributed by atoms with Crippen LogP contribution in [0.5, 0.6) is 11.5 Å². The van der Waals surface area contributed by atoms with Crippen molar-refractivity contribution in [2.45, 2.75) is 72.4 Å². The Morgan fingerprint density at radius 1 is 0.842 bits per heavy atom. The molecular weight excluding hydrogens is 502 g/mol. The van der Waals surface area contributed by atoms with Crippen LogP contribution in [0.4, 0.5) is 14.4 Å². The molecule has 0 heterocycles. The summed E-state index contributed by atoms with van der Waals surface area (Å²) in [5.74, 6) is -3.11. The molecule has 0 saturated heterocycles.